The van der Waals surface area contributed by atoms with E-state index in [1.807, 2.05) is 0 Å². The van der Waals surface area contributed by atoms with Crippen molar-refractivity contribution in [1.82, 2.24) is 5.32 Å². The fourth-order valence-corrected chi connectivity index (χ4v) is 2.39. The molecule has 0 fully saturated rings. The standard InChI is InChI=1S/C20H20F3NO5/c1-28-18-9-6-15(19(27)24-16(11-25)12-26)10-14(18)5-2-13-3-7-17(8-4-13)29-20(21,22)23/h2-10,16,25-26H,11-12H2,1H3,(H,24,27). The van der Waals surface area contributed by atoms with Crippen LogP contribution in [0.3, 0.4) is 0 Å². The molecule has 0 spiro atoms. The van der Waals surface area contributed by atoms with Crippen molar-refractivity contribution < 1.29 is 37.7 Å². The van der Waals surface area contributed by atoms with Crippen molar-refractivity contribution in [2.45, 2.75) is 12.4 Å². The fourth-order valence-electron chi connectivity index (χ4n) is 2.39. The number of rotatable bonds is 8. The summed E-state index contributed by atoms with van der Waals surface area (Å²) in [4.78, 5) is 12.2. The summed E-state index contributed by atoms with van der Waals surface area (Å²) in [7, 11) is 1.46. The number of methoxy groups -OCH3 is 1. The van der Waals surface area contributed by atoms with Gasteiger partial charge in [-0.1, -0.05) is 24.3 Å². The Hall–Kier alpha value is -3.04. The molecule has 0 aliphatic carbocycles. The Labute approximate surface area is 165 Å². The van der Waals surface area contributed by atoms with Crippen molar-refractivity contribution in [2.75, 3.05) is 20.3 Å². The molecule has 0 bridgehead atoms. The molecule has 156 valence electrons. The third kappa shape index (κ3) is 6.81. The van der Waals surface area contributed by atoms with E-state index in [1.54, 1.807) is 24.3 Å². The lowest BCUT2D eigenvalue weighted by molar-refractivity contribution is -0.274. The number of hydrogen-bond acceptors (Lipinski definition) is 5. The van der Waals surface area contributed by atoms with Crippen molar-refractivity contribution in [3.63, 3.8) is 0 Å². The van der Waals surface area contributed by atoms with Crippen LogP contribution >= 0.6 is 0 Å². The summed E-state index contributed by atoms with van der Waals surface area (Å²) in [6.07, 6.45) is -1.47. The summed E-state index contributed by atoms with van der Waals surface area (Å²) in [5.41, 5.74) is 1.45. The first-order valence-electron chi connectivity index (χ1n) is 8.50. The second-order valence-corrected chi connectivity index (χ2v) is 5.94. The molecule has 3 N–H and O–H groups in total. The first-order valence-corrected chi connectivity index (χ1v) is 8.50. The number of amides is 1. The average molecular weight is 411 g/mol. The minimum absolute atomic E-state index is 0.284. The van der Waals surface area contributed by atoms with Crippen LogP contribution in [0.25, 0.3) is 12.2 Å². The van der Waals surface area contributed by atoms with Gasteiger partial charge in [-0.3, -0.25) is 4.79 Å². The van der Waals surface area contributed by atoms with E-state index in [4.69, 9.17) is 14.9 Å². The number of hydrogen-bond donors (Lipinski definition) is 3. The van der Waals surface area contributed by atoms with Crippen LogP contribution in [-0.2, 0) is 0 Å². The molecule has 0 radical (unpaired) electrons. The lowest BCUT2D eigenvalue weighted by Crippen LogP contribution is -2.40. The third-order valence-corrected chi connectivity index (χ3v) is 3.84. The molecule has 29 heavy (non-hydrogen) atoms. The van der Waals surface area contributed by atoms with Gasteiger partial charge < -0.3 is 25.0 Å². The molecule has 2 rings (SSSR count). The second-order valence-electron chi connectivity index (χ2n) is 5.94. The van der Waals surface area contributed by atoms with Crippen LogP contribution in [-0.4, -0.2) is 48.8 Å². The first-order chi connectivity index (χ1) is 13.8. The fraction of sp³-hybridized carbons (Fsp3) is 0.250. The van der Waals surface area contributed by atoms with Gasteiger partial charge in [-0.05, 0) is 35.9 Å². The number of benzene rings is 2. The number of carbonyl (C=O) groups excluding carboxylic acids is 1. The predicted molar refractivity (Wildman–Crippen MR) is 100 cm³/mol. The minimum Gasteiger partial charge on any atom is -0.496 e. The highest BCUT2D eigenvalue weighted by Gasteiger charge is 2.30. The molecule has 2 aromatic carbocycles. The number of carbonyl (C=O) groups is 1. The highest BCUT2D eigenvalue weighted by molar-refractivity contribution is 5.95. The minimum atomic E-state index is -4.75. The maximum atomic E-state index is 12.2. The Morgan fingerprint density at radius 1 is 1.10 bits per heavy atom. The molecule has 2 aromatic rings. The molecule has 6 nitrogen and oxygen atoms in total. The molecule has 1 amide bonds. The molecule has 0 atom stereocenters. The van der Waals surface area contributed by atoms with E-state index in [0.717, 1.165) is 0 Å². The molecule has 0 saturated heterocycles. The SMILES string of the molecule is COc1ccc(C(=O)NC(CO)CO)cc1C=Cc1ccc(OC(F)(F)F)cc1. The van der Waals surface area contributed by atoms with Crippen molar-refractivity contribution in [1.29, 1.82) is 0 Å². The molecule has 9 heteroatoms. The van der Waals surface area contributed by atoms with Crippen LogP contribution in [0.5, 0.6) is 11.5 Å². The quantitative estimate of drug-likeness (QED) is 0.582. The summed E-state index contributed by atoms with van der Waals surface area (Å²) in [5, 5.41) is 20.6. The number of aliphatic hydroxyl groups is 2. The molecule has 0 aliphatic rings. The number of nitrogens with one attached hydrogen (secondary N) is 1. The zero-order chi connectivity index (χ0) is 21.4. The molecule has 0 heterocycles. The average Bonchev–Trinajstić information content (AvgIpc) is 2.70. The normalized spacial score (nSPS) is 11.7. The van der Waals surface area contributed by atoms with Gasteiger partial charge in [0.2, 0.25) is 0 Å². The monoisotopic (exact) mass is 411 g/mol. The van der Waals surface area contributed by atoms with Gasteiger partial charge >= 0.3 is 6.36 Å². The highest BCUT2D eigenvalue weighted by atomic mass is 19.4. The van der Waals surface area contributed by atoms with Gasteiger partial charge in [0.15, 0.2) is 0 Å². The summed E-state index contributed by atoms with van der Waals surface area (Å²) < 4.78 is 45.7. The molecular weight excluding hydrogens is 391 g/mol. The Morgan fingerprint density at radius 2 is 1.76 bits per heavy atom. The van der Waals surface area contributed by atoms with Gasteiger partial charge in [0.1, 0.15) is 11.5 Å². The lowest BCUT2D eigenvalue weighted by atomic mass is 10.1. The smallest absolute Gasteiger partial charge is 0.496 e. The largest absolute Gasteiger partial charge is 0.573 e. The van der Waals surface area contributed by atoms with Crippen LogP contribution in [0.1, 0.15) is 21.5 Å². The van der Waals surface area contributed by atoms with Gasteiger partial charge in [0.25, 0.3) is 5.91 Å². The zero-order valence-electron chi connectivity index (χ0n) is 15.4. The Bertz CT molecular complexity index is 846. The van der Waals surface area contributed by atoms with E-state index in [1.165, 1.54) is 37.4 Å². The summed E-state index contributed by atoms with van der Waals surface area (Å²) in [6.45, 7) is -0.807. The maximum Gasteiger partial charge on any atom is 0.573 e. The van der Waals surface area contributed by atoms with E-state index in [9.17, 15) is 18.0 Å². The van der Waals surface area contributed by atoms with E-state index in [2.05, 4.69) is 10.1 Å². The number of ether oxygens (including phenoxy) is 2. The summed E-state index contributed by atoms with van der Waals surface area (Å²) in [6, 6.07) is 9.18. The van der Waals surface area contributed by atoms with E-state index < -0.39 is 31.5 Å². The third-order valence-electron chi connectivity index (χ3n) is 3.84. The maximum absolute atomic E-state index is 12.2. The van der Waals surface area contributed by atoms with Gasteiger partial charge in [0.05, 0.1) is 26.4 Å². The topological polar surface area (TPSA) is 88.0 Å². The lowest BCUT2D eigenvalue weighted by Gasteiger charge is -2.14. The summed E-state index contributed by atoms with van der Waals surface area (Å²) >= 11 is 0. The Balaban J connectivity index is 2.19. The van der Waals surface area contributed by atoms with Crippen LogP contribution in [0.4, 0.5) is 13.2 Å². The first kappa shape index (κ1) is 22.3. The number of aliphatic hydroxyl groups excluding tert-OH is 2. The van der Waals surface area contributed by atoms with Crippen molar-refractivity contribution in [3.8, 4) is 11.5 Å². The van der Waals surface area contributed by atoms with Crippen molar-refractivity contribution in [2.24, 2.45) is 0 Å². The van der Waals surface area contributed by atoms with Crippen LogP contribution in [0.15, 0.2) is 42.5 Å². The molecule has 0 aliphatic heterocycles. The summed E-state index contributed by atoms with van der Waals surface area (Å²) in [5.74, 6) is -0.326. The molecular formula is C20H20F3NO5. The van der Waals surface area contributed by atoms with Gasteiger partial charge in [-0.2, -0.15) is 0 Å². The van der Waals surface area contributed by atoms with E-state index >= 15 is 0 Å². The Morgan fingerprint density at radius 3 is 2.31 bits per heavy atom. The number of halogens is 3. The van der Waals surface area contributed by atoms with E-state index in [-0.39, 0.29) is 11.3 Å². The predicted octanol–water partition coefficient (Wildman–Crippen LogP) is 2.85. The molecule has 0 saturated carbocycles. The van der Waals surface area contributed by atoms with Crippen LogP contribution < -0.4 is 14.8 Å². The second kappa shape index (κ2) is 9.94. The van der Waals surface area contributed by atoms with Crippen molar-refractivity contribution >= 4 is 18.1 Å². The Kier molecular flexibility index (Phi) is 7.63. The van der Waals surface area contributed by atoms with E-state index in [0.29, 0.717) is 16.9 Å². The molecule has 0 aromatic heterocycles. The van der Waals surface area contributed by atoms with Crippen LogP contribution in [0, 0.1) is 0 Å². The molecule has 0 unspecified atom stereocenters. The van der Waals surface area contributed by atoms with Crippen LogP contribution in [0.2, 0.25) is 0 Å². The zero-order valence-corrected chi connectivity index (χ0v) is 15.4. The van der Waals surface area contributed by atoms with Crippen molar-refractivity contribution in [3.05, 3.63) is 59.2 Å². The highest BCUT2D eigenvalue weighted by Crippen LogP contribution is 2.25. The number of alkyl halides is 3. The van der Waals surface area contributed by atoms with Gasteiger partial charge in [-0.25, -0.2) is 0 Å². The van der Waals surface area contributed by atoms with Gasteiger partial charge in [0, 0.05) is 11.1 Å². The van der Waals surface area contributed by atoms with Gasteiger partial charge in [-0.15, -0.1) is 13.2 Å².